The van der Waals surface area contributed by atoms with Crippen molar-refractivity contribution < 1.29 is 14.6 Å². The van der Waals surface area contributed by atoms with Gasteiger partial charge < -0.3 is 9.84 Å². The predicted molar refractivity (Wildman–Crippen MR) is 110 cm³/mol. The summed E-state index contributed by atoms with van der Waals surface area (Å²) in [5.74, 6) is 0.471. The molecule has 0 saturated carbocycles. The molecule has 1 atom stereocenters. The Kier molecular flexibility index (Phi) is 4.92. The maximum absolute atomic E-state index is 12.8. The van der Waals surface area contributed by atoms with E-state index in [-0.39, 0.29) is 5.78 Å². The molecule has 3 aromatic carbocycles. The monoisotopic (exact) mass is 368 g/mol. The van der Waals surface area contributed by atoms with Crippen molar-refractivity contribution in [1.29, 1.82) is 0 Å². The second-order valence-corrected chi connectivity index (χ2v) is 6.62. The van der Waals surface area contributed by atoms with Gasteiger partial charge in [0.15, 0.2) is 5.78 Å². The largest absolute Gasteiger partial charge is 0.497 e. The number of carbonyl (C=O) groups excluding carboxylic acids is 1. The quantitative estimate of drug-likeness (QED) is 0.661. The number of fused-ring (bicyclic) bond motifs is 1. The highest BCUT2D eigenvalue weighted by Gasteiger charge is 2.33. The molecule has 0 aliphatic heterocycles. The van der Waals surface area contributed by atoms with Gasteiger partial charge in [0.05, 0.1) is 7.11 Å². The maximum Gasteiger partial charge on any atom is 0.192 e. The van der Waals surface area contributed by atoms with E-state index in [0.717, 1.165) is 16.7 Å². The Morgan fingerprint density at radius 2 is 1.54 bits per heavy atom. The third-order valence-electron chi connectivity index (χ3n) is 4.95. The molecular weight excluding hydrogens is 348 g/mol. The van der Waals surface area contributed by atoms with Crippen molar-refractivity contribution in [3.05, 3.63) is 119 Å². The van der Waals surface area contributed by atoms with Crippen LogP contribution in [-0.4, -0.2) is 18.0 Å². The van der Waals surface area contributed by atoms with Crippen molar-refractivity contribution in [2.24, 2.45) is 0 Å². The van der Waals surface area contributed by atoms with Crippen LogP contribution >= 0.6 is 0 Å². The van der Waals surface area contributed by atoms with E-state index in [4.69, 9.17) is 4.74 Å². The Bertz CT molecular complexity index is 1020. The smallest absolute Gasteiger partial charge is 0.192 e. The third-order valence-corrected chi connectivity index (χ3v) is 4.95. The van der Waals surface area contributed by atoms with E-state index >= 15 is 0 Å². The molecule has 0 fully saturated rings. The SMILES string of the molecule is COc1ccc2c(c1)[C@H](O)/C(=C\C=C(c1ccccc1)c1ccccc1)C2=O. The zero-order valence-electron chi connectivity index (χ0n) is 15.5. The van der Waals surface area contributed by atoms with Gasteiger partial charge in [-0.05, 0) is 40.5 Å². The number of hydrogen-bond acceptors (Lipinski definition) is 3. The molecule has 4 rings (SSSR count). The zero-order chi connectivity index (χ0) is 19.5. The molecule has 0 unspecified atom stereocenters. The summed E-state index contributed by atoms with van der Waals surface area (Å²) in [7, 11) is 1.57. The molecule has 1 N–H and O–H groups in total. The fraction of sp³-hybridized carbons (Fsp3) is 0.0800. The average Bonchev–Trinajstić information content (AvgIpc) is 2.99. The highest BCUT2D eigenvalue weighted by Crippen LogP contribution is 2.38. The summed E-state index contributed by atoms with van der Waals surface area (Å²) in [6, 6.07) is 25.2. The number of ether oxygens (including phenoxy) is 1. The van der Waals surface area contributed by atoms with Gasteiger partial charge in [-0.2, -0.15) is 0 Å². The van der Waals surface area contributed by atoms with E-state index in [2.05, 4.69) is 0 Å². The Balaban J connectivity index is 1.78. The molecular formula is C25H20O3. The minimum atomic E-state index is -0.957. The summed E-state index contributed by atoms with van der Waals surface area (Å²) >= 11 is 0. The lowest BCUT2D eigenvalue weighted by Crippen LogP contribution is -1.99. The summed E-state index contributed by atoms with van der Waals surface area (Å²) in [6.45, 7) is 0. The maximum atomic E-state index is 12.8. The van der Waals surface area contributed by atoms with Gasteiger partial charge in [-0.1, -0.05) is 72.8 Å². The number of aliphatic hydroxyl groups excluding tert-OH is 1. The number of allylic oxidation sites excluding steroid dienone is 2. The van der Waals surface area contributed by atoms with Crippen LogP contribution in [0.5, 0.6) is 5.75 Å². The number of Topliss-reactive ketones (excluding diaryl/α,β-unsaturated/α-hetero) is 1. The van der Waals surface area contributed by atoms with Gasteiger partial charge in [0.1, 0.15) is 11.9 Å². The molecule has 0 aromatic heterocycles. The molecule has 28 heavy (non-hydrogen) atoms. The van der Waals surface area contributed by atoms with Crippen LogP contribution in [0.1, 0.15) is 33.2 Å². The first-order chi connectivity index (χ1) is 13.7. The van der Waals surface area contributed by atoms with Gasteiger partial charge in [-0.3, -0.25) is 4.79 Å². The summed E-state index contributed by atoms with van der Waals surface area (Å²) in [4.78, 5) is 12.8. The first-order valence-electron chi connectivity index (χ1n) is 9.12. The van der Waals surface area contributed by atoms with Crippen LogP contribution < -0.4 is 4.74 Å². The normalized spacial score (nSPS) is 16.7. The van der Waals surface area contributed by atoms with Crippen molar-refractivity contribution in [2.45, 2.75) is 6.10 Å². The molecule has 0 bridgehead atoms. The molecule has 0 spiro atoms. The summed E-state index contributed by atoms with van der Waals surface area (Å²) in [5, 5.41) is 10.7. The molecule has 3 heteroatoms. The first-order valence-corrected chi connectivity index (χ1v) is 9.12. The highest BCUT2D eigenvalue weighted by atomic mass is 16.5. The molecule has 0 heterocycles. The zero-order valence-corrected chi connectivity index (χ0v) is 15.5. The Hall–Kier alpha value is -3.43. The van der Waals surface area contributed by atoms with Gasteiger partial charge in [0, 0.05) is 11.1 Å². The molecule has 0 saturated heterocycles. The van der Waals surface area contributed by atoms with Gasteiger partial charge in [-0.15, -0.1) is 0 Å². The van der Waals surface area contributed by atoms with Crippen LogP contribution in [0.25, 0.3) is 5.57 Å². The number of benzene rings is 3. The number of ketones is 1. The number of carbonyl (C=O) groups is 1. The number of rotatable bonds is 4. The van der Waals surface area contributed by atoms with Gasteiger partial charge in [0.25, 0.3) is 0 Å². The molecule has 3 nitrogen and oxygen atoms in total. The van der Waals surface area contributed by atoms with Crippen LogP contribution in [0.2, 0.25) is 0 Å². The van der Waals surface area contributed by atoms with E-state index in [1.54, 1.807) is 31.4 Å². The van der Waals surface area contributed by atoms with E-state index in [1.165, 1.54) is 0 Å². The summed E-state index contributed by atoms with van der Waals surface area (Å²) in [6.07, 6.45) is 2.68. The lowest BCUT2D eigenvalue weighted by atomic mass is 9.96. The second kappa shape index (κ2) is 7.67. The molecule has 1 aliphatic rings. The molecule has 1 aliphatic carbocycles. The van der Waals surface area contributed by atoms with Crippen molar-refractivity contribution in [3.8, 4) is 5.75 Å². The second-order valence-electron chi connectivity index (χ2n) is 6.62. The summed E-state index contributed by atoms with van der Waals surface area (Å²) in [5.41, 5.74) is 4.56. The van der Waals surface area contributed by atoms with Crippen molar-refractivity contribution in [2.75, 3.05) is 7.11 Å². The van der Waals surface area contributed by atoms with Crippen molar-refractivity contribution in [1.82, 2.24) is 0 Å². The minimum absolute atomic E-state index is 0.151. The lowest BCUT2D eigenvalue weighted by molar-refractivity contribution is 0.101. The van der Waals surface area contributed by atoms with Crippen LogP contribution in [0, 0.1) is 0 Å². The highest BCUT2D eigenvalue weighted by molar-refractivity contribution is 6.14. The van der Waals surface area contributed by atoms with Crippen LogP contribution in [0.4, 0.5) is 0 Å². The number of hydrogen-bond donors (Lipinski definition) is 1. The van der Waals surface area contributed by atoms with Crippen LogP contribution in [0.15, 0.2) is 96.6 Å². The molecule has 3 aromatic rings. The Labute approximate surface area is 164 Å². The Morgan fingerprint density at radius 1 is 0.929 bits per heavy atom. The van der Waals surface area contributed by atoms with Crippen LogP contribution in [-0.2, 0) is 0 Å². The van der Waals surface area contributed by atoms with Gasteiger partial charge >= 0.3 is 0 Å². The predicted octanol–water partition coefficient (Wildman–Crippen LogP) is 4.98. The molecule has 0 radical (unpaired) electrons. The fourth-order valence-corrected chi connectivity index (χ4v) is 3.48. The molecule has 0 amide bonds. The molecule has 138 valence electrons. The van der Waals surface area contributed by atoms with Gasteiger partial charge in [-0.25, -0.2) is 0 Å². The minimum Gasteiger partial charge on any atom is -0.497 e. The van der Waals surface area contributed by atoms with Crippen molar-refractivity contribution in [3.63, 3.8) is 0 Å². The van der Waals surface area contributed by atoms with Crippen molar-refractivity contribution >= 4 is 11.4 Å². The number of aliphatic hydroxyl groups is 1. The van der Waals surface area contributed by atoms with Gasteiger partial charge in [0.2, 0.25) is 0 Å². The Morgan fingerprint density at radius 3 is 2.11 bits per heavy atom. The topological polar surface area (TPSA) is 46.5 Å². The number of methoxy groups -OCH3 is 1. The third kappa shape index (κ3) is 3.28. The fourth-order valence-electron chi connectivity index (χ4n) is 3.48. The van der Waals surface area contributed by atoms with E-state index in [0.29, 0.717) is 22.4 Å². The first kappa shape index (κ1) is 18.0. The van der Waals surface area contributed by atoms with E-state index in [9.17, 15) is 9.90 Å². The summed E-state index contributed by atoms with van der Waals surface area (Å²) < 4.78 is 5.22. The average molecular weight is 368 g/mol. The van der Waals surface area contributed by atoms with E-state index in [1.807, 2.05) is 66.7 Å². The van der Waals surface area contributed by atoms with Crippen LogP contribution in [0.3, 0.4) is 0 Å². The standard InChI is InChI=1S/C25H20O3/c1-28-19-12-13-21-23(16-19)25(27)22(24(21)26)15-14-20(17-8-4-2-5-9-17)18-10-6-3-7-11-18/h2-16,25,27H,1H3/b22-15-/t25-/m1/s1. The lowest BCUT2D eigenvalue weighted by Gasteiger charge is -2.09. The van der Waals surface area contributed by atoms with E-state index < -0.39 is 6.10 Å².